The Morgan fingerprint density at radius 3 is 2.67 bits per heavy atom. The highest BCUT2D eigenvalue weighted by atomic mass is 35.5. The van der Waals surface area contributed by atoms with Gasteiger partial charge in [0.1, 0.15) is 4.34 Å². The van der Waals surface area contributed by atoms with Crippen molar-refractivity contribution in [3.05, 3.63) is 49.6 Å². The highest BCUT2D eigenvalue weighted by molar-refractivity contribution is 7.85. The zero-order valence-electron chi connectivity index (χ0n) is 11.0. The number of fused-ring (bicyclic) bond motifs is 1. The topological polar surface area (TPSA) is 34.1 Å². The van der Waals surface area contributed by atoms with E-state index in [1.165, 1.54) is 17.2 Å². The molecule has 0 fully saturated rings. The van der Waals surface area contributed by atoms with Crippen LogP contribution in [0, 0.1) is 0 Å². The number of carbonyl (C=O) groups excluding carboxylic acids is 1. The van der Waals surface area contributed by atoms with Gasteiger partial charge in [0.15, 0.2) is 5.78 Å². The quantitative estimate of drug-likeness (QED) is 0.752. The van der Waals surface area contributed by atoms with Crippen molar-refractivity contribution in [2.75, 3.05) is 5.75 Å². The lowest BCUT2D eigenvalue weighted by Gasteiger charge is -2.05. The number of hydrogen-bond acceptors (Lipinski definition) is 3. The molecular formula is C15H12Cl2O2S2. The number of ketones is 1. The Kier molecular flexibility index (Phi) is 4.50. The van der Waals surface area contributed by atoms with Crippen molar-refractivity contribution in [1.29, 1.82) is 0 Å². The first kappa shape index (κ1) is 15.2. The molecule has 0 N–H and O–H groups in total. The molecule has 0 spiro atoms. The average Bonchev–Trinajstić information content (AvgIpc) is 3.03. The van der Waals surface area contributed by atoms with Crippen molar-refractivity contribution in [2.45, 2.75) is 24.2 Å². The molecule has 1 aromatic heterocycles. The summed E-state index contributed by atoms with van der Waals surface area (Å²) in [5, 5.41) is 0. The van der Waals surface area contributed by atoms with Gasteiger partial charge in [0.05, 0.1) is 20.9 Å². The van der Waals surface area contributed by atoms with Gasteiger partial charge in [-0.2, -0.15) is 0 Å². The van der Waals surface area contributed by atoms with Crippen LogP contribution in [0.3, 0.4) is 0 Å². The van der Waals surface area contributed by atoms with E-state index in [2.05, 4.69) is 0 Å². The van der Waals surface area contributed by atoms with Crippen LogP contribution in [0.5, 0.6) is 0 Å². The zero-order chi connectivity index (χ0) is 15.0. The molecule has 0 saturated heterocycles. The second kappa shape index (κ2) is 6.21. The summed E-state index contributed by atoms with van der Waals surface area (Å²) >= 11 is 12.9. The molecule has 2 aromatic rings. The number of rotatable bonds is 4. The molecule has 1 unspecified atom stereocenters. The fraction of sp³-hybridized carbons (Fsp3) is 0.267. The number of hydrogen-bond donors (Lipinski definition) is 0. The Labute approximate surface area is 139 Å². The van der Waals surface area contributed by atoms with Crippen molar-refractivity contribution in [3.8, 4) is 0 Å². The fourth-order valence-electron chi connectivity index (χ4n) is 2.50. The van der Waals surface area contributed by atoms with E-state index in [1.807, 2.05) is 18.2 Å². The number of benzene rings is 1. The first-order chi connectivity index (χ1) is 10.0. The van der Waals surface area contributed by atoms with Gasteiger partial charge in [0, 0.05) is 10.5 Å². The van der Waals surface area contributed by atoms with Crippen molar-refractivity contribution < 1.29 is 9.00 Å². The maximum absolute atomic E-state index is 12.4. The van der Waals surface area contributed by atoms with Crippen LogP contribution in [-0.4, -0.2) is 15.7 Å². The Bertz CT molecular complexity index is 737. The highest BCUT2D eigenvalue weighted by Gasteiger charge is 2.19. The Hall–Kier alpha value is -0.680. The molecule has 1 atom stereocenters. The summed E-state index contributed by atoms with van der Waals surface area (Å²) in [5.41, 5.74) is 2.95. The minimum Gasteiger partial charge on any atom is -0.293 e. The summed E-state index contributed by atoms with van der Waals surface area (Å²) < 4.78 is 13.2. The molecule has 2 nitrogen and oxygen atoms in total. The molecule has 0 aliphatic heterocycles. The summed E-state index contributed by atoms with van der Waals surface area (Å²) in [4.78, 5) is 12.9. The predicted molar refractivity (Wildman–Crippen MR) is 88.4 cm³/mol. The standard InChI is InChI=1S/C15H12Cl2O2S2/c16-14-7-12(15(17)20-14)13(18)8-21(19)11-5-4-9-2-1-3-10(9)6-11/h4-7H,1-3,8H2. The monoisotopic (exact) mass is 358 g/mol. The summed E-state index contributed by atoms with van der Waals surface area (Å²) in [6.07, 6.45) is 3.26. The van der Waals surface area contributed by atoms with Crippen LogP contribution in [0.15, 0.2) is 29.2 Å². The zero-order valence-corrected chi connectivity index (χ0v) is 14.2. The minimum absolute atomic E-state index is 0.0639. The smallest absolute Gasteiger partial charge is 0.178 e. The lowest BCUT2D eigenvalue weighted by atomic mass is 10.1. The average molecular weight is 359 g/mol. The van der Waals surface area contributed by atoms with Crippen LogP contribution in [0.2, 0.25) is 8.67 Å². The first-order valence-corrected chi connectivity index (χ1v) is 9.42. The van der Waals surface area contributed by atoms with Gasteiger partial charge in [-0.3, -0.25) is 9.00 Å². The maximum Gasteiger partial charge on any atom is 0.178 e. The molecule has 1 aromatic carbocycles. The number of carbonyl (C=O) groups is 1. The summed E-state index contributed by atoms with van der Waals surface area (Å²) in [7, 11) is -1.35. The van der Waals surface area contributed by atoms with Crippen LogP contribution in [0.4, 0.5) is 0 Å². The van der Waals surface area contributed by atoms with E-state index in [1.54, 1.807) is 0 Å². The lowest BCUT2D eigenvalue weighted by Crippen LogP contribution is -2.11. The molecule has 0 amide bonds. The van der Waals surface area contributed by atoms with Gasteiger partial charge in [-0.05, 0) is 48.6 Å². The van der Waals surface area contributed by atoms with Crippen molar-refractivity contribution >= 4 is 51.1 Å². The molecule has 6 heteroatoms. The summed E-state index contributed by atoms with van der Waals surface area (Å²) in [5.74, 6) is -0.298. The molecule has 1 aliphatic rings. The number of thiophene rings is 1. The molecule has 0 saturated carbocycles. The van der Waals surface area contributed by atoms with Crippen molar-refractivity contribution in [1.82, 2.24) is 0 Å². The van der Waals surface area contributed by atoms with Crippen LogP contribution in [0.1, 0.15) is 27.9 Å². The Morgan fingerprint density at radius 1 is 1.19 bits per heavy atom. The maximum atomic E-state index is 12.4. The normalized spacial score (nSPS) is 15.0. The molecule has 3 rings (SSSR count). The number of aryl methyl sites for hydroxylation is 2. The summed E-state index contributed by atoms with van der Waals surface area (Å²) in [6, 6.07) is 7.38. The Balaban J connectivity index is 1.77. The van der Waals surface area contributed by atoms with E-state index in [4.69, 9.17) is 23.2 Å². The van der Waals surface area contributed by atoms with Crippen LogP contribution in [0.25, 0.3) is 0 Å². The van der Waals surface area contributed by atoms with Gasteiger partial charge in [-0.1, -0.05) is 29.3 Å². The van der Waals surface area contributed by atoms with Gasteiger partial charge in [0.25, 0.3) is 0 Å². The van der Waals surface area contributed by atoms with Crippen LogP contribution < -0.4 is 0 Å². The van der Waals surface area contributed by atoms with Gasteiger partial charge in [-0.15, -0.1) is 11.3 Å². The molecule has 0 radical (unpaired) electrons. The molecule has 0 bridgehead atoms. The van der Waals surface area contributed by atoms with Gasteiger partial charge in [0.2, 0.25) is 0 Å². The second-order valence-corrected chi connectivity index (χ2v) is 8.67. The second-order valence-electron chi connectivity index (χ2n) is 4.93. The van der Waals surface area contributed by atoms with Crippen molar-refractivity contribution in [2.24, 2.45) is 0 Å². The van der Waals surface area contributed by atoms with Gasteiger partial charge < -0.3 is 0 Å². The minimum atomic E-state index is -1.35. The predicted octanol–water partition coefficient (Wildman–Crippen LogP) is 4.53. The third kappa shape index (κ3) is 3.24. The third-order valence-electron chi connectivity index (χ3n) is 3.55. The molecular weight excluding hydrogens is 347 g/mol. The Morgan fingerprint density at radius 2 is 1.95 bits per heavy atom. The number of Topliss-reactive ketones (excluding diaryl/α,β-unsaturated/α-hetero) is 1. The molecule has 1 heterocycles. The van der Waals surface area contributed by atoms with Crippen LogP contribution in [-0.2, 0) is 23.6 Å². The van der Waals surface area contributed by atoms with E-state index in [0.717, 1.165) is 30.6 Å². The summed E-state index contributed by atoms with van der Waals surface area (Å²) in [6.45, 7) is 0. The molecule has 110 valence electrons. The van der Waals surface area contributed by atoms with Crippen molar-refractivity contribution in [3.63, 3.8) is 0 Å². The largest absolute Gasteiger partial charge is 0.293 e. The number of halogens is 2. The van der Waals surface area contributed by atoms with Gasteiger partial charge >= 0.3 is 0 Å². The van der Waals surface area contributed by atoms with E-state index in [-0.39, 0.29) is 11.5 Å². The third-order valence-corrected chi connectivity index (χ3v) is 6.34. The molecule has 1 aliphatic carbocycles. The lowest BCUT2D eigenvalue weighted by molar-refractivity contribution is 0.102. The highest BCUT2D eigenvalue weighted by Crippen LogP contribution is 2.32. The van der Waals surface area contributed by atoms with E-state index >= 15 is 0 Å². The first-order valence-electron chi connectivity index (χ1n) is 6.53. The fourth-order valence-corrected chi connectivity index (χ4v) is 5.05. The van der Waals surface area contributed by atoms with E-state index in [9.17, 15) is 9.00 Å². The SMILES string of the molecule is O=C(CS(=O)c1ccc2c(c1)CCC2)c1cc(Cl)sc1Cl. The van der Waals surface area contributed by atoms with E-state index < -0.39 is 10.8 Å². The van der Waals surface area contributed by atoms with Gasteiger partial charge in [-0.25, -0.2) is 0 Å². The van der Waals surface area contributed by atoms with Crippen LogP contribution >= 0.6 is 34.5 Å². The molecule has 21 heavy (non-hydrogen) atoms. The van der Waals surface area contributed by atoms with E-state index in [0.29, 0.717) is 19.1 Å².